The SMILES string of the molecule is CNC1(CC(=O)Nc2ccc(Br)nc2C)CCCCC1. The molecule has 0 bridgehead atoms. The molecule has 0 aliphatic heterocycles. The number of aromatic nitrogens is 1. The molecule has 0 saturated heterocycles. The van der Waals surface area contributed by atoms with Crippen LogP contribution in [0, 0.1) is 6.92 Å². The maximum absolute atomic E-state index is 12.3. The minimum Gasteiger partial charge on any atom is -0.324 e. The van der Waals surface area contributed by atoms with E-state index in [0.29, 0.717) is 6.42 Å². The van der Waals surface area contributed by atoms with Crippen molar-refractivity contribution < 1.29 is 4.79 Å². The number of rotatable bonds is 4. The Balaban J connectivity index is 2.00. The predicted octanol–water partition coefficient (Wildman–Crippen LogP) is 3.40. The fourth-order valence-corrected chi connectivity index (χ4v) is 3.31. The van der Waals surface area contributed by atoms with E-state index in [-0.39, 0.29) is 11.4 Å². The molecule has 0 aromatic carbocycles. The number of halogens is 1. The van der Waals surface area contributed by atoms with Gasteiger partial charge in [0.2, 0.25) is 5.91 Å². The molecule has 1 saturated carbocycles. The standard InChI is InChI=1S/C15H22BrN3O/c1-11-12(6-7-13(16)18-11)19-14(20)10-15(17-2)8-4-3-5-9-15/h6-7,17H,3-5,8-10H2,1-2H3,(H,19,20). The van der Waals surface area contributed by atoms with Crippen LogP contribution >= 0.6 is 15.9 Å². The summed E-state index contributed by atoms with van der Waals surface area (Å²) in [7, 11) is 1.96. The van der Waals surface area contributed by atoms with E-state index in [9.17, 15) is 4.79 Å². The molecule has 1 aromatic rings. The number of anilines is 1. The Bertz CT molecular complexity index is 484. The van der Waals surface area contributed by atoms with Crippen LogP contribution in [0.5, 0.6) is 0 Å². The summed E-state index contributed by atoms with van der Waals surface area (Å²) in [4.78, 5) is 16.6. The lowest BCUT2D eigenvalue weighted by Crippen LogP contribution is -2.47. The van der Waals surface area contributed by atoms with Crippen LogP contribution in [0.4, 0.5) is 5.69 Å². The van der Waals surface area contributed by atoms with Crippen LogP contribution in [-0.4, -0.2) is 23.5 Å². The number of aryl methyl sites for hydroxylation is 1. The highest BCUT2D eigenvalue weighted by atomic mass is 79.9. The molecule has 2 rings (SSSR count). The maximum atomic E-state index is 12.3. The van der Waals surface area contributed by atoms with Gasteiger partial charge in [0, 0.05) is 12.0 Å². The first-order valence-electron chi connectivity index (χ1n) is 7.17. The Morgan fingerprint density at radius 1 is 1.35 bits per heavy atom. The summed E-state index contributed by atoms with van der Waals surface area (Å²) in [6, 6.07) is 3.73. The topological polar surface area (TPSA) is 54.0 Å². The van der Waals surface area contributed by atoms with Crippen molar-refractivity contribution in [2.24, 2.45) is 0 Å². The van der Waals surface area contributed by atoms with Crippen LogP contribution in [0.3, 0.4) is 0 Å². The second kappa shape index (κ2) is 6.68. The number of carbonyl (C=O) groups is 1. The summed E-state index contributed by atoms with van der Waals surface area (Å²) in [5.41, 5.74) is 1.59. The van der Waals surface area contributed by atoms with Crippen LogP contribution in [0.15, 0.2) is 16.7 Å². The first kappa shape index (κ1) is 15.4. The number of pyridine rings is 1. The summed E-state index contributed by atoms with van der Waals surface area (Å²) in [5, 5.41) is 6.36. The molecular formula is C15H22BrN3O. The van der Waals surface area contributed by atoms with Crippen LogP contribution in [-0.2, 0) is 4.79 Å². The van der Waals surface area contributed by atoms with E-state index in [0.717, 1.165) is 28.8 Å². The summed E-state index contributed by atoms with van der Waals surface area (Å²) < 4.78 is 0.784. The van der Waals surface area contributed by atoms with Gasteiger partial charge in [0.15, 0.2) is 0 Å². The van der Waals surface area contributed by atoms with Crippen molar-refractivity contribution in [3.05, 3.63) is 22.4 Å². The number of hydrogen-bond acceptors (Lipinski definition) is 3. The van der Waals surface area contributed by atoms with Gasteiger partial charge < -0.3 is 10.6 Å². The van der Waals surface area contributed by atoms with Crippen LogP contribution in [0.1, 0.15) is 44.2 Å². The molecular weight excluding hydrogens is 318 g/mol. The van der Waals surface area contributed by atoms with Crippen LogP contribution in [0.25, 0.3) is 0 Å². The lowest BCUT2D eigenvalue weighted by molar-refractivity contribution is -0.117. The van der Waals surface area contributed by atoms with Crippen LogP contribution in [0.2, 0.25) is 0 Å². The minimum absolute atomic E-state index is 0.0287. The number of hydrogen-bond donors (Lipinski definition) is 2. The summed E-state index contributed by atoms with van der Waals surface area (Å²) in [6.45, 7) is 1.90. The lowest BCUT2D eigenvalue weighted by Gasteiger charge is -2.36. The van der Waals surface area contributed by atoms with Crippen molar-refractivity contribution in [3.63, 3.8) is 0 Å². The Morgan fingerprint density at radius 3 is 2.65 bits per heavy atom. The number of carbonyl (C=O) groups excluding carboxylic acids is 1. The molecule has 0 atom stereocenters. The zero-order valence-corrected chi connectivity index (χ0v) is 13.7. The van der Waals surface area contributed by atoms with Crippen molar-refractivity contribution in [2.45, 2.75) is 51.0 Å². The van der Waals surface area contributed by atoms with Gasteiger partial charge in [-0.05, 0) is 54.9 Å². The Kier molecular flexibility index (Phi) is 5.16. The monoisotopic (exact) mass is 339 g/mol. The first-order chi connectivity index (χ1) is 9.54. The van der Waals surface area contributed by atoms with Gasteiger partial charge in [-0.3, -0.25) is 4.79 Å². The highest BCUT2D eigenvalue weighted by Gasteiger charge is 2.32. The molecule has 110 valence electrons. The molecule has 1 aliphatic rings. The van der Waals surface area contributed by atoms with E-state index in [2.05, 4.69) is 31.5 Å². The van der Waals surface area contributed by atoms with Gasteiger partial charge in [0.1, 0.15) is 4.60 Å². The van der Waals surface area contributed by atoms with Gasteiger partial charge in [-0.1, -0.05) is 19.3 Å². The van der Waals surface area contributed by atoms with Gasteiger partial charge in [0.25, 0.3) is 0 Å². The van der Waals surface area contributed by atoms with E-state index in [1.54, 1.807) is 0 Å². The van der Waals surface area contributed by atoms with E-state index < -0.39 is 0 Å². The lowest BCUT2D eigenvalue weighted by atomic mass is 9.79. The third-order valence-corrected chi connectivity index (χ3v) is 4.61. The third kappa shape index (κ3) is 3.79. The third-order valence-electron chi connectivity index (χ3n) is 4.17. The average molecular weight is 340 g/mol. The van der Waals surface area contributed by atoms with Gasteiger partial charge in [-0.15, -0.1) is 0 Å². The molecule has 5 heteroatoms. The second-order valence-electron chi connectivity index (χ2n) is 5.58. The molecule has 0 spiro atoms. The molecule has 1 heterocycles. The predicted molar refractivity (Wildman–Crippen MR) is 84.8 cm³/mol. The quantitative estimate of drug-likeness (QED) is 0.826. The van der Waals surface area contributed by atoms with E-state index in [4.69, 9.17) is 0 Å². The molecule has 1 fully saturated rings. The average Bonchev–Trinajstić information content (AvgIpc) is 2.43. The van der Waals surface area contributed by atoms with Crippen LogP contribution < -0.4 is 10.6 Å². The molecule has 0 unspecified atom stereocenters. The van der Waals surface area contributed by atoms with E-state index in [1.807, 2.05) is 26.1 Å². The van der Waals surface area contributed by atoms with E-state index >= 15 is 0 Å². The molecule has 0 radical (unpaired) electrons. The van der Waals surface area contributed by atoms with Crippen molar-refractivity contribution >= 4 is 27.5 Å². The van der Waals surface area contributed by atoms with Crippen molar-refractivity contribution in [1.82, 2.24) is 10.3 Å². The fourth-order valence-electron chi connectivity index (χ4n) is 2.91. The Morgan fingerprint density at radius 2 is 2.05 bits per heavy atom. The van der Waals surface area contributed by atoms with Gasteiger partial charge >= 0.3 is 0 Å². The molecule has 1 amide bonds. The maximum Gasteiger partial charge on any atom is 0.226 e. The van der Waals surface area contributed by atoms with Gasteiger partial charge in [-0.25, -0.2) is 4.98 Å². The normalized spacial score (nSPS) is 17.8. The Hall–Kier alpha value is -0.940. The molecule has 4 nitrogen and oxygen atoms in total. The zero-order valence-electron chi connectivity index (χ0n) is 12.1. The van der Waals surface area contributed by atoms with Gasteiger partial charge in [-0.2, -0.15) is 0 Å². The largest absolute Gasteiger partial charge is 0.324 e. The number of nitrogens with zero attached hydrogens (tertiary/aromatic N) is 1. The molecule has 2 N–H and O–H groups in total. The summed E-state index contributed by atoms with van der Waals surface area (Å²) >= 11 is 3.33. The molecule has 20 heavy (non-hydrogen) atoms. The highest BCUT2D eigenvalue weighted by Crippen LogP contribution is 2.31. The van der Waals surface area contributed by atoms with Crippen molar-refractivity contribution in [1.29, 1.82) is 0 Å². The summed E-state index contributed by atoms with van der Waals surface area (Å²) in [5.74, 6) is 0.0634. The zero-order chi connectivity index (χ0) is 14.6. The molecule has 1 aliphatic carbocycles. The molecule has 1 aromatic heterocycles. The minimum atomic E-state index is -0.0287. The van der Waals surface area contributed by atoms with Crippen molar-refractivity contribution in [2.75, 3.05) is 12.4 Å². The van der Waals surface area contributed by atoms with Crippen molar-refractivity contribution in [3.8, 4) is 0 Å². The Labute approximate surface area is 128 Å². The highest BCUT2D eigenvalue weighted by molar-refractivity contribution is 9.10. The summed E-state index contributed by atoms with van der Waals surface area (Å²) in [6.07, 6.45) is 6.36. The fraction of sp³-hybridized carbons (Fsp3) is 0.600. The number of amides is 1. The first-order valence-corrected chi connectivity index (χ1v) is 7.96. The van der Waals surface area contributed by atoms with E-state index in [1.165, 1.54) is 19.3 Å². The smallest absolute Gasteiger partial charge is 0.226 e. The van der Waals surface area contributed by atoms with Gasteiger partial charge in [0.05, 0.1) is 11.4 Å². The second-order valence-corrected chi connectivity index (χ2v) is 6.40. The number of nitrogens with one attached hydrogen (secondary N) is 2.